The van der Waals surface area contributed by atoms with Crippen LogP contribution in [-0.2, 0) is 6.42 Å². The quantitative estimate of drug-likeness (QED) is 0.875. The Hall–Kier alpha value is -2.03. The maximum atomic E-state index is 4.46. The smallest absolute Gasteiger partial charge is 0.0606 e. The van der Waals surface area contributed by atoms with Crippen molar-refractivity contribution in [3.8, 4) is 0 Å². The van der Waals surface area contributed by atoms with E-state index in [1.54, 1.807) is 0 Å². The molecule has 0 spiro atoms. The molecule has 0 amide bonds. The number of aromatic amines is 1. The van der Waals surface area contributed by atoms with Gasteiger partial charge in [0.05, 0.1) is 5.54 Å². The molecule has 0 fully saturated rings. The third-order valence-corrected chi connectivity index (χ3v) is 3.74. The van der Waals surface area contributed by atoms with Crippen molar-refractivity contribution < 1.29 is 0 Å². The zero-order chi connectivity index (χ0) is 14.0. The molecule has 2 heterocycles. The van der Waals surface area contributed by atoms with Crippen LogP contribution < -0.4 is 5.32 Å². The molecule has 0 bridgehead atoms. The molecule has 0 radical (unpaired) electrons. The van der Waals surface area contributed by atoms with E-state index in [-0.39, 0.29) is 5.54 Å². The molecule has 2 N–H and O–H groups in total. The molecule has 0 atom stereocenters. The summed E-state index contributed by atoms with van der Waals surface area (Å²) >= 11 is 0. The standard InChI is InChI=1S/C17H21N3/c1-17(2)11-14(8-10-20-17)18-9-7-13-12-19-16-6-4-3-5-15(13)16/h3-6,8,10,12,18-19H,7,9,11H2,1-2H3. The van der Waals surface area contributed by atoms with Crippen LogP contribution in [0.15, 0.2) is 47.2 Å². The molecule has 3 nitrogen and oxygen atoms in total. The van der Waals surface area contributed by atoms with E-state index in [2.05, 4.69) is 65.7 Å². The number of nitrogens with zero attached hydrogens (tertiary/aromatic N) is 1. The molecule has 3 rings (SSSR count). The maximum Gasteiger partial charge on any atom is 0.0606 e. The summed E-state index contributed by atoms with van der Waals surface area (Å²) in [4.78, 5) is 7.79. The van der Waals surface area contributed by atoms with Gasteiger partial charge < -0.3 is 10.3 Å². The van der Waals surface area contributed by atoms with E-state index < -0.39 is 0 Å². The number of aromatic nitrogens is 1. The van der Waals surface area contributed by atoms with Crippen molar-refractivity contribution in [2.24, 2.45) is 4.99 Å². The summed E-state index contributed by atoms with van der Waals surface area (Å²) < 4.78 is 0. The fourth-order valence-corrected chi connectivity index (χ4v) is 2.72. The normalized spacial score (nSPS) is 17.2. The van der Waals surface area contributed by atoms with Gasteiger partial charge in [0, 0.05) is 42.0 Å². The predicted octanol–water partition coefficient (Wildman–Crippen LogP) is 3.44. The van der Waals surface area contributed by atoms with E-state index in [0.29, 0.717) is 0 Å². The lowest BCUT2D eigenvalue weighted by Gasteiger charge is -2.25. The second kappa shape index (κ2) is 5.16. The summed E-state index contributed by atoms with van der Waals surface area (Å²) in [5.41, 5.74) is 3.90. The van der Waals surface area contributed by atoms with Gasteiger partial charge in [0.1, 0.15) is 0 Å². The van der Waals surface area contributed by atoms with Crippen LogP contribution in [0.25, 0.3) is 10.9 Å². The number of hydrogen-bond donors (Lipinski definition) is 2. The lowest BCUT2D eigenvalue weighted by molar-refractivity contribution is 0.496. The molecule has 0 saturated heterocycles. The average Bonchev–Trinajstić information content (AvgIpc) is 2.81. The minimum Gasteiger partial charge on any atom is -0.388 e. The fraction of sp³-hybridized carbons (Fsp3) is 0.353. The zero-order valence-corrected chi connectivity index (χ0v) is 12.1. The Kier molecular flexibility index (Phi) is 3.35. The Morgan fingerprint density at radius 3 is 3.00 bits per heavy atom. The Morgan fingerprint density at radius 2 is 2.15 bits per heavy atom. The lowest BCUT2D eigenvalue weighted by atomic mass is 9.97. The van der Waals surface area contributed by atoms with Gasteiger partial charge in [-0.15, -0.1) is 0 Å². The van der Waals surface area contributed by atoms with Crippen LogP contribution in [0.3, 0.4) is 0 Å². The molecule has 1 aliphatic heterocycles. The molecule has 104 valence electrons. The number of benzene rings is 1. The van der Waals surface area contributed by atoms with E-state index in [9.17, 15) is 0 Å². The Labute approximate surface area is 119 Å². The fourth-order valence-electron chi connectivity index (χ4n) is 2.72. The highest BCUT2D eigenvalue weighted by atomic mass is 14.9. The summed E-state index contributed by atoms with van der Waals surface area (Å²) in [5, 5.41) is 4.86. The maximum absolute atomic E-state index is 4.46. The number of allylic oxidation sites excluding steroid dienone is 1. The number of rotatable bonds is 4. The average molecular weight is 267 g/mol. The minimum absolute atomic E-state index is 0.0257. The molecular weight excluding hydrogens is 246 g/mol. The first kappa shape index (κ1) is 13.0. The second-order valence-corrected chi connectivity index (χ2v) is 6.00. The van der Waals surface area contributed by atoms with E-state index in [4.69, 9.17) is 0 Å². The molecule has 20 heavy (non-hydrogen) atoms. The number of dihydropyridines is 1. The Bertz CT molecular complexity index is 662. The summed E-state index contributed by atoms with van der Waals surface area (Å²) in [6.45, 7) is 5.29. The van der Waals surface area contributed by atoms with E-state index in [1.807, 2.05) is 6.21 Å². The van der Waals surface area contributed by atoms with Crippen molar-refractivity contribution in [1.29, 1.82) is 0 Å². The highest BCUT2D eigenvalue weighted by molar-refractivity contribution is 5.83. The third kappa shape index (κ3) is 2.77. The van der Waals surface area contributed by atoms with E-state index in [1.165, 1.54) is 22.2 Å². The number of aliphatic imine (C=N–C) groups is 1. The molecule has 1 aromatic heterocycles. The molecule has 0 unspecified atom stereocenters. The van der Waals surface area contributed by atoms with Crippen molar-refractivity contribution >= 4 is 17.1 Å². The van der Waals surface area contributed by atoms with Gasteiger partial charge in [-0.3, -0.25) is 4.99 Å². The van der Waals surface area contributed by atoms with Crippen molar-refractivity contribution in [1.82, 2.24) is 10.3 Å². The van der Waals surface area contributed by atoms with Gasteiger partial charge in [-0.1, -0.05) is 18.2 Å². The lowest BCUT2D eigenvalue weighted by Crippen LogP contribution is -2.27. The first-order chi connectivity index (χ1) is 9.64. The highest BCUT2D eigenvalue weighted by Crippen LogP contribution is 2.22. The highest BCUT2D eigenvalue weighted by Gasteiger charge is 2.19. The molecule has 0 saturated carbocycles. The number of H-pyrrole nitrogens is 1. The van der Waals surface area contributed by atoms with Crippen LogP contribution in [0.2, 0.25) is 0 Å². The summed E-state index contributed by atoms with van der Waals surface area (Å²) in [6, 6.07) is 8.45. The van der Waals surface area contributed by atoms with Crippen LogP contribution in [0, 0.1) is 0 Å². The van der Waals surface area contributed by atoms with Crippen LogP contribution in [0.4, 0.5) is 0 Å². The first-order valence-electron chi connectivity index (χ1n) is 7.17. The van der Waals surface area contributed by atoms with Gasteiger partial charge >= 0.3 is 0 Å². The van der Waals surface area contributed by atoms with Crippen LogP contribution in [0.5, 0.6) is 0 Å². The van der Waals surface area contributed by atoms with E-state index in [0.717, 1.165) is 19.4 Å². The Morgan fingerprint density at radius 1 is 1.30 bits per heavy atom. The largest absolute Gasteiger partial charge is 0.388 e. The second-order valence-electron chi connectivity index (χ2n) is 6.00. The van der Waals surface area contributed by atoms with Gasteiger partial charge in [0.15, 0.2) is 0 Å². The molecular formula is C17H21N3. The number of nitrogens with one attached hydrogen (secondary N) is 2. The monoisotopic (exact) mass is 267 g/mol. The van der Waals surface area contributed by atoms with Gasteiger partial charge in [0.25, 0.3) is 0 Å². The molecule has 2 aromatic rings. The first-order valence-corrected chi connectivity index (χ1v) is 7.17. The third-order valence-electron chi connectivity index (χ3n) is 3.74. The van der Waals surface area contributed by atoms with Gasteiger partial charge in [-0.05, 0) is 38.0 Å². The minimum atomic E-state index is 0.0257. The van der Waals surface area contributed by atoms with Gasteiger partial charge in [-0.25, -0.2) is 0 Å². The van der Waals surface area contributed by atoms with Crippen molar-refractivity contribution in [3.63, 3.8) is 0 Å². The van der Waals surface area contributed by atoms with Crippen LogP contribution in [0.1, 0.15) is 25.8 Å². The molecule has 1 aromatic carbocycles. The van der Waals surface area contributed by atoms with Gasteiger partial charge in [0.2, 0.25) is 0 Å². The topological polar surface area (TPSA) is 40.2 Å². The van der Waals surface area contributed by atoms with E-state index >= 15 is 0 Å². The summed E-state index contributed by atoms with van der Waals surface area (Å²) in [6.07, 6.45) is 8.13. The van der Waals surface area contributed by atoms with Crippen LogP contribution >= 0.6 is 0 Å². The number of para-hydroxylation sites is 1. The van der Waals surface area contributed by atoms with Crippen LogP contribution in [-0.4, -0.2) is 23.3 Å². The number of fused-ring (bicyclic) bond motifs is 1. The molecule has 3 heteroatoms. The number of hydrogen-bond acceptors (Lipinski definition) is 2. The molecule has 1 aliphatic rings. The van der Waals surface area contributed by atoms with Gasteiger partial charge in [-0.2, -0.15) is 0 Å². The zero-order valence-electron chi connectivity index (χ0n) is 12.1. The summed E-state index contributed by atoms with van der Waals surface area (Å²) in [5.74, 6) is 0. The summed E-state index contributed by atoms with van der Waals surface area (Å²) in [7, 11) is 0. The Balaban J connectivity index is 1.61. The van der Waals surface area contributed by atoms with Crippen molar-refractivity contribution in [2.75, 3.05) is 6.54 Å². The SMILES string of the molecule is CC1(C)CC(NCCc2c[nH]c3ccccc23)=CC=N1. The van der Waals surface area contributed by atoms with Crippen molar-refractivity contribution in [2.45, 2.75) is 32.2 Å². The molecule has 0 aliphatic carbocycles. The predicted molar refractivity (Wildman–Crippen MR) is 85.3 cm³/mol. The van der Waals surface area contributed by atoms with Crippen molar-refractivity contribution in [3.05, 3.63) is 47.8 Å².